The Morgan fingerprint density at radius 1 is 1.00 bits per heavy atom. The van der Waals surface area contributed by atoms with E-state index in [-0.39, 0.29) is 28.2 Å². The van der Waals surface area contributed by atoms with Gasteiger partial charge in [0.05, 0.1) is 27.3 Å². The van der Waals surface area contributed by atoms with Gasteiger partial charge in [-0.05, 0) is 30.3 Å². The highest BCUT2D eigenvalue weighted by molar-refractivity contribution is 6.35. The number of rotatable bonds is 4. The molecule has 0 aliphatic carbocycles. The number of pyridine rings is 3. The molecule has 4 heterocycles. The molecule has 2 N–H and O–H groups in total. The van der Waals surface area contributed by atoms with E-state index >= 15 is 0 Å². The molecule has 0 aliphatic rings. The Bertz CT molecular complexity index is 1520. The Labute approximate surface area is 195 Å². The fraction of sp³-hybridized carbons (Fsp3) is 0.0870. The van der Waals surface area contributed by atoms with Gasteiger partial charge in [-0.15, -0.1) is 0 Å². The van der Waals surface area contributed by atoms with Gasteiger partial charge in [0, 0.05) is 27.9 Å². The van der Waals surface area contributed by atoms with Gasteiger partial charge in [0.1, 0.15) is 11.8 Å². The largest absolute Gasteiger partial charge is 0.412 e. The van der Waals surface area contributed by atoms with Crippen molar-refractivity contribution in [2.75, 3.05) is 5.32 Å². The Morgan fingerprint density at radius 2 is 1.85 bits per heavy atom. The van der Waals surface area contributed by atoms with Crippen molar-refractivity contribution in [1.82, 2.24) is 19.9 Å². The molecule has 5 aromatic rings. The van der Waals surface area contributed by atoms with Gasteiger partial charge in [0.25, 0.3) is 0 Å². The van der Waals surface area contributed by atoms with Gasteiger partial charge in [-0.3, -0.25) is 10.2 Å². The molecule has 0 aliphatic heterocycles. The Kier molecular flexibility index (Phi) is 5.37. The summed E-state index contributed by atoms with van der Waals surface area (Å²) < 4.78 is 44.3. The van der Waals surface area contributed by atoms with Crippen molar-refractivity contribution in [3.8, 4) is 11.3 Å². The monoisotopic (exact) mass is 483 g/mol. The summed E-state index contributed by atoms with van der Waals surface area (Å²) >= 11 is 6.28. The van der Waals surface area contributed by atoms with E-state index < -0.39 is 12.2 Å². The predicted molar refractivity (Wildman–Crippen MR) is 119 cm³/mol. The molecular formula is C23H15ClF3N6O+. The first kappa shape index (κ1) is 21.8. The molecule has 5 rings (SSSR count). The molecular weight excluding hydrogens is 469 g/mol. The lowest BCUT2D eigenvalue weighted by Crippen LogP contribution is -2.30. The van der Waals surface area contributed by atoms with E-state index in [1.807, 2.05) is 0 Å². The summed E-state index contributed by atoms with van der Waals surface area (Å²) in [6.07, 6.45) is 0.497. The molecule has 0 bridgehead atoms. The number of fused-ring (bicyclic) bond motifs is 2. The molecule has 0 amide bonds. The number of alkyl halides is 3. The molecule has 34 heavy (non-hydrogen) atoms. The number of hydrogen-bond acceptors (Lipinski definition) is 6. The summed E-state index contributed by atoms with van der Waals surface area (Å²) in [5.41, 5.74) is 1.04. The lowest BCUT2D eigenvalue weighted by Gasteiger charge is -2.25. The zero-order chi connectivity index (χ0) is 23.9. The second kappa shape index (κ2) is 8.38. The van der Waals surface area contributed by atoms with Gasteiger partial charge < -0.3 is 5.32 Å². The predicted octanol–water partition coefficient (Wildman–Crippen LogP) is 5.13. The Morgan fingerprint density at radius 3 is 2.65 bits per heavy atom. The molecule has 7 nitrogen and oxygen atoms in total. The van der Waals surface area contributed by atoms with Crippen LogP contribution in [0, 0.1) is 0 Å². The maximum atomic E-state index is 14.5. The van der Waals surface area contributed by atoms with E-state index in [1.54, 1.807) is 36.4 Å². The summed E-state index contributed by atoms with van der Waals surface area (Å²) in [7, 11) is 0. The molecule has 0 spiro atoms. The zero-order valence-electron chi connectivity index (χ0n) is 17.2. The fourth-order valence-corrected chi connectivity index (χ4v) is 3.93. The maximum Gasteiger partial charge on any atom is 0.412 e. The lowest BCUT2D eigenvalue weighted by atomic mass is 9.98. The van der Waals surface area contributed by atoms with Gasteiger partial charge >= 0.3 is 6.18 Å². The first-order valence-corrected chi connectivity index (χ1v) is 10.4. The minimum absolute atomic E-state index is 0.00476. The number of para-hydroxylation sites is 1. The van der Waals surface area contributed by atoms with E-state index in [2.05, 4.69) is 25.3 Å². The first-order chi connectivity index (χ1) is 16.3. The summed E-state index contributed by atoms with van der Waals surface area (Å²) in [4.78, 5) is 16.7. The molecule has 1 aromatic carbocycles. The van der Waals surface area contributed by atoms with Crippen LogP contribution < -0.4 is 10.0 Å². The van der Waals surface area contributed by atoms with E-state index in [1.165, 1.54) is 37.1 Å². The number of hydrogen-bond donors (Lipinski definition) is 2. The van der Waals surface area contributed by atoms with Crippen LogP contribution in [0.25, 0.3) is 33.2 Å². The number of benzene rings is 1. The van der Waals surface area contributed by atoms with E-state index in [0.717, 1.165) is 4.73 Å². The molecule has 170 valence electrons. The molecule has 1 unspecified atom stereocenters. The quantitative estimate of drug-likeness (QED) is 0.272. The average molecular weight is 484 g/mol. The SMILES string of the molecule is O[n+]1cccc(-c2nc3c(Cl)cccc3cc2C(Nc2ncnc3cccnc23)C(F)(F)F)c1. The van der Waals surface area contributed by atoms with Crippen molar-refractivity contribution in [1.29, 1.82) is 0 Å². The van der Waals surface area contributed by atoms with Crippen LogP contribution in [0.1, 0.15) is 11.6 Å². The van der Waals surface area contributed by atoms with Gasteiger partial charge in [-0.1, -0.05) is 23.7 Å². The van der Waals surface area contributed by atoms with Crippen LogP contribution in [-0.4, -0.2) is 31.3 Å². The van der Waals surface area contributed by atoms with Crippen LogP contribution in [0.15, 0.2) is 73.4 Å². The van der Waals surface area contributed by atoms with E-state index in [4.69, 9.17) is 11.6 Å². The molecule has 0 saturated heterocycles. The fourth-order valence-electron chi connectivity index (χ4n) is 3.71. The topological polar surface area (TPSA) is 87.7 Å². The second-order valence-corrected chi connectivity index (χ2v) is 7.83. The highest BCUT2D eigenvalue weighted by atomic mass is 35.5. The number of halogens is 4. The van der Waals surface area contributed by atoms with Crippen LogP contribution >= 0.6 is 11.6 Å². The normalized spacial score (nSPS) is 12.7. The molecule has 4 aromatic heterocycles. The summed E-state index contributed by atoms with van der Waals surface area (Å²) in [6, 6.07) is 10.4. The smallest absolute Gasteiger partial charge is 0.353 e. The number of nitrogens with zero attached hydrogens (tertiary/aromatic N) is 5. The zero-order valence-corrected chi connectivity index (χ0v) is 18.0. The van der Waals surface area contributed by atoms with Crippen LogP contribution in [0.3, 0.4) is 0 Å². The third-order valence-corrected chi connectivity index (χ3v) is 5.50. The molecule has 0 fully saturated rings. The van der Waals surface area contributed by atoms with Gasteiger partial charge in [-0.2, -0.15) is 13.2 Å². The van der Waals surface area contributed by atoms with E-state index in [9.17, 15) is 18.4 Å². The molecule has 0 saturated carbocycles. The standard InChI is InChI=1S/C23H15ClF3N6O/c24-16-6-1-4-13-10-15(18(31-19(13)16)14-5-3-9-33(34)11-14)21(23(25,26)27)32-22-20-17(29-12-30-22)7-2-8-28-20/h1-12,21,34H,(H,29,30,32)/q+1. The van der Waals surface area contributed by atoms with Crippen molar-refractivity contribution >= 4 is 39.4 Å². The van der Waals surface area contributed by atoms with E-state index in [0.29, 0.717) is 21.4 Å². The first-order valence-electron chi connectivity index (χ1n) is 10.0. The van der Waals surface area contributed by atoms with Crippen molar-refractivity contribution in [3.05, 3.63) is 84.0 Å². The minimum Gasteiger partial charge on any atom is -0.353 e. The Hall–Kier alpha value is -4.05. The third-order valence-electron chi connectivity index (χ3n) is 5.20. The maximum absolute atomic E-state index is 14.5. The number of nitrogens with one attached hydrogen (secondary N) is 1. The van der Waals surface area contributed by atoms with Crippen LogP contribution in [-0.2, 0) is 0 Å². The summed E-state index contributed by atoms with van der Waals surface area (Å²) in [5.74, 6) is -0.0738. The van der Waals surface area contributed by atoms with Gasteiger partial charge in [0.15, 0.2) is 11.9 Å². The lowest BCUT2D eigenvalue weighted by molar-refractivity contribution is -0.904. The molecule has 11 heteroatoms. The van der Waals surface area contributed by atoms with Gasteiger partial charge in [0.2, 0.25) is 12.4 Å². The van der Waals surface area contributed by atoms with Gasteiger partial charge in [-0.25, -0.2) is 15.0 Å². The van der Waals surface area contributed by atoms with Crippen LogP contribution in [0.5, 0.6) is 0 Å². The van der Waals surface area contributed by atoms with Crippen molar-refractivity contribution in [2.45, 2.75) is 12.2 Å². The van der Waals surface area contributed by atoms with Crippen molar-refractivity contribution < 1.29 is 23.1 Å². The summed E-state index contributed by atoms with van der Waals surface area (Å²) in [6.45, 7) is 0. The average Bonchev–Trinajstić information content (AvgIpc) is 2.81. The minimum atomic E-state index is -4.74. The second-order valence-electron chi connectivity index (χ2n) is 7.42. The Balaban J connectivity index is 1.75. The molecule has 0 radical (unpaired) electrons. The third kappa shape index (κ3) is 4.03. The molecule has 1 atom stereocenters. The highest BCUT2D eigenvalue weighted by Crippen LogP contribution is 2.41. The summed E-state index contributed by atoms with van der Waals surface area (Å²) in [5, 5.41) is 13.1. The van der Waals surface area contributed by atoms with Crippen LogP contribution in [0.2, 0.25) is 5.02 Å². The van der Waals surface area contributed by atoms with Crippen LogP contribution in [0.4, 0.5) is 19.0 Å². The number of aromatic nitrogens is 5. The van der Waals surface area contributed by atoms with Crippen molar-refractivity contribution in [2.24, 2.45) is 0 Å². The van der Waals surface area contributed by atoms with Crippen molar-refractivity contribution in [3.63, 3.8) is 0 Å². The number of anilines is 1. The highest BCUT2D eigenvalue weighted by Gasteiger charge is 2.43.